The molecule has 8 nitrogen and oxygen atoms in total. The molecule has 0 saturated carbocycles. The van der Waals surface area contributed by atoms with Crippen LogP contribution in [0.3, 0.4) is 0 Å². The maximum Gasteiger partial charge on any atom is 0.251 e. The van der Waals surface area contributed by atoms with Gasteiger partial charge in [-0.05, 0) is 55.5 Å². The topological polar surface area (TPSA) is 96.0 Å². The van der Waals surface area contributed by atoms with Gasteiger partial charge >= 0.3 is 0 Å². The lowest BCUT2D eigenvalue weighted by atomic mass is 10.1. The highest BCUT2D eigenvalue weighted by atomic mass is 32.2. The van der Waals surface area contributed by atoms with Crippen molar-refractivity contribution < 1.29 is 22.7 Å². The van der Waals surface area contributed by atoms with Crippen molar-refractivity contribution in [1.29, 1.82) is 0 Å². The minimum atomic E-state index is -3.82. The molecule has 3 aromatic rings. The molecule has 0 unspecified atom stereocenters. The summed E-state index contributed by atoms with van der Waals surface area (Å²) in [7, 11) is -3.82. The fourth-order valence-corrected chi connectivity index (χ4v) is 4.91. The average molecular weight is 466 g/mol. The molecule has 33 heavy (non-hydrogen) atoms. The van der Waals surface area contributed by atoms with Crippen LogP contribution in [0.1, 0.15) is 6.92 Å². The summed E-state index contributed by atoms with van der Waals surface area (Å²) in [5.74, 6) is 0.324. The van der Waals surface area contributed by atoms with Crippen molar-refractivity contribution in [3.8, 4) is 11.5 Å². The van der Waals surface area contributed by atoms with Crippen molar-refractivity contribution in [3.63, 3.8) is 0 Å². The van der Waals surface area contributed by atoms with Crippen LogP contribution in [0.4, 0.5) is 17.1 Å². The average Bonchev–Trinajstić information content (AvgIpc) is 2.79. The van der Waals surface area contributed by atoms with Gasteiger partial charge < -0.3 is 10.1 Å². The first-order valence-corrected chi connectivity index (χ1v) is 12.1. The number of carbonyl (C=O) groups excluding carboxylic acids is 2. The maximum absolute atomic E-state index is 13.4. The van der Waals surface area contributed by atoms with Crippen LogP contribution < -0.4 is 19.3 Å². The highest BCUT2D eigenvalue weighted by Crippen LogP contribution is 2.32. The zero-order valence-corrected chi connectivity index (χ0v) is 19.0. The number of ether oxygens (including phenoxy) is 1. The molecule has 0 radical (unpaired) electrons. The number of anilines is 3. The van der Waals surface area contributed by atoms with Crippen LogP contribution in [0, 0.1) is 0 Å². The summed E-state index contributed by atoms with van der Waals surface area (Å²) >= 11 is 0. The van der Waals surface area contributed by atoms with E-state index in [9.17, 15) is 18.0 Å². The Morgan fingerprint density at radius 1 is 0.970 bits per heavy atom. The molecule has 0 bridgehead atoms. The van der Waals surface area contributed by atoms with E-state index in [1.54, 1.807) is 48.5 Å². The van der Waals surface area contributed by atoms with E-state index in [1.807, 2.05) is 30.3 Å². The molecule has 2 amide bonds. The van der Waals surface area contributed by atoms with Gasteiger partial charge in [0.2, 0.25) is 15.9 Å². The lowest BCUT2D eigenvalue weighted by Crippen LogP contribution is -2.52. The molecular formula is C24H23N3O5S. The molecule has 3 aromatic carbocycles. The van der Waals surface area contributed by atoms with E-state index in [-0.39, 0.29) is 12.5 Å². The molecule has 0 saturated heterocycles. The second-order valence-corrected chi connectivity index (χ2v) is 9.49. The van der Waals surface area contributed by atoms with E-state index >= 15 is 0 Å². The molecule has 1 aliphatic heterocycles. The van der Waals surface area contributed by atoms with Crippen molar-refractivity contribution in [2.75, 3.05) is 27.3 Å². The third-order valence-corrected chi connectivity index (χ3v) is 6.41. The van der Waals surface area contributed by atoms with Crippen LogP contribution in [0.25, 0.3) is 0 Å². The normalized spacial score (nSPS) is 14.1. The van der Waals surface area contributed by atoms with Crippen molar-refractivity contribution >= 4 is 38.9 Å². The van der Waals surface area contributed by atoms with E-state index in [2.05, 4.69) is 5.32 Å². The molecule has 1 atom stereocenters. The summed E-state index contributed by atoms with van der Waals surface area (Å²) in [5.41, 5.74) is 1.34. The Kier molecular flexibility index (Phi) is 6.06. The third-order valence-electron chi connectivity index (χ3n) is 5.17. The van der Waals surface area contributed by atoms with Gasteiger partial charge in [0.05, 0.1) is 23.3 Å². The molecule has 1 heterocycles. The lowest BCUT2D eigenvalue weighted by molar-refractivity contribution is -0.122. The number of sulfonamides is 1. The fraction of sp³-hybridized carbons (Fsp3) is 0.167. The van der Waals surface area contributed by atoms with Crippen LogP contribution >= 0.6 is 0 Å². The molecule has 0 aromatic heterocycles. The molecule has 4 rings (SSSR count). The number of rotatable bonds is 6. The lowest BCUT2D eigenvalue weighted by Gasteiger charge is -2.35. The van der Waals surface area contributed by atoms with Crippen LogP contribution in [-0.2, 0) is 19.6 Å². The highest BCUT2D eigenvalue weighted by Gasteiger charge is 2.35. The zero-order valence-electron chi connectivity index (χ0n) is 18.1. The van der Waals surface area contributed by atoms with Crippen LogP contribution in [0.2, 0.25) is 0 Å². The van der Waals surface area contributed by atoms with E-state index in [0.717, 1.165) is 10.6 Å². The van der Waals surface area contributed by atoms with E-state index in [0.29, 0.717) is 28.6 Å². The van der Waals surface area contributed by atoms with Gasteiger partial charge in [0.25, 0.3) is 5.91 Å². The fourth-order valence-electron chi connectivity index (χ4n) is 3.74. The van der Waals surface area contributed by atoms with Crippen molar-refractivity contribution in [2.45, 2.75) is 13.0 Å². The summed E-state index contributed by atoms with van der Waals surface area (Å²) in [6.07, 6.45) is 1.04. The Bertz CT molecular complexity index is 1280. The number of fused-ring (bicyclic) bond motifs is 1. The Hall–Kier alpha value is -3.85. The van der Waals surface area contributed by atoms with E-state index < -0.39 is 22.0 Å². The molecule has 9 heteroatoms. The molecule has 0 spiro atoms. The first-order valence-electron chi connectivity index (χ1n) is 10.3. The van der Waals surface area contributed by atoms with Gasteiger partial charge in [-0.1, -0.05) is 30.3 Å². The summed E-state index contributed by atoms with van der Waals surface area (Å²) in [6, 6.07) is 21.5. The first-order chi connectivity index (χ1) is 15.7. The maximum atomic E-state index is 13.4. The predicted molar refractivity (Wildman–Crippen MR) is 127 cm³/mol. The number of carbonyl (C=O) groups is 2. The summed E-state index contributed by atoms with van der Waals surface area (Å²) in [4.78, 5) is 26.8. The molecular weight excluding hydrogens is 442 g/mol. The number of hydrogen-bond acceptors (Lipinski definition) is 5. The minimum absolute atomic E-state index is 0.193. The largest absolute Gasteiger partial charge is 0.457 e. The van der Waals surface area contributed by atoms with Crippen LogP contribution in [0.5, 0.6) is 11.5 Å². The molecule has 1 aliphatic rings. The first kappa shape index (κ1) is 22.3. The van der Waals surface area contributed by atoms with Gasteiger partial charge in [-0.2, -0.15) is 0 Å². The monoisotopic (exact) mass is 465 g/mol. The van der Waals surface area contributed by atoms with Crippen molar-refractivity contribution in [3.05, 3.63) is 78.9 Å². The number of nitrogens with zero attached hydrogens (tertiary/aromatic N) is 2. The van der Waals surface area contributed by atoms with Crippen LogP contribution in [0.15, 0.2) is 78.9 Å². The van der Waals surface area contributed by atoms with Crippen molar-refractivity contribution in [2.24, 2.45) is 0 Å². The zero-order chi connectivity index (χ0) is 23.6. The standard InChI is InChI=1S/C24H23N3O5S/c1-17(24(29)26-16-23(28)25-21-10-6-7-11-22(21)26)27(33(2,30)31)18-12-14-20(15-13-18)32-19-8-4-3-5-9-19/h3-15,17H,16H2,1-2H3,(H,25,28)/t17-/m1/s1. The number of hydrogen-bond donors (Lipinski definition) is 1. The SMILES string of the molecule is C[C@H](C(=O)N1CC(=O)Nc2ccccc21)N(c1ccc(Oc2ccccc2)cc1)S(C)(=O)=O. The van der Waals surface area contributed by atoms with Gasteiger partial charge in [-0.3, -0.25) is 18.8 Å². The Morgan fingerprint density at radius 3 is 2.24 bits per heavy atom. The van der Waals surface area contributed by atoms with Crippen LogP contribution in [-0.4, -0.2) is 39.1 Å². The highest BCUT2D eigenvalue weighted by molar-refractivity contribution is 7.92. The predicted octanol–water partition coefficient (Wildman–Crippen LogP) is 3.62. The van der Waals surface area contributed by atoms with Gasteiger partial charge in [0, 0.05) is 0 Å². The number of amides is 2. The van der Waals surface area contributed by atoms with E-state index in [1.165, 1.54) is 11.8 Å². The van der Waals surface area contributed by atoms with Gasteiger partial charge in [-0.25, -0.2) is 8.42 Å². The number of benzene rings is 3. The molecule has 0 aliphatic carbocycles. The molecule has 1 N–H and O–H groups in total. The van der Waals surface area contributed by atoms with Gasteiger partial charge in [-0.15, -0.1) is 0 Å². The Balaban J connectivity index is 1.62. The quantitative estimate of drug-likeness (QED) is 0.600. The second kappa shape index (κ2) is 8.95. The van der Waals surface area contributed by atoms with Gasteiger partial charge in [0.1, 0.15) is 24.1 Å². The number of para-hydroxylation sites is 3. The Labute approximate surface area is 192 Å². The smallest absolute Gasteiger partial charge is 0.251 e. The molecule has 170 valence electrons. The number of nitrogens with one attached hydrogen (secondary N) is 1. The summed E-state index contributed by atoms with van der Waals surface area (Å²) < 4.78 is 32.2. The molecule has 0 fully saturated rings. The van der Waals surface area contributed by atoms with Crippen molar-refractivity contribution in [1.82, 2.24) is 0 Å². The minimum Gasteiger partial charge on any atom is -0.457 e. The summed E-state index contributed by atoms with van der Waals surface area (Å²) in [6.45, 7) is 1.31. The Morgan fingerprint density at radius 2 is 1.58 bits per heavy atom. The third kappa shape index (κ3) is 4.83. The second-order valence-electron chi connectivity index (χ2n) is 7.63. The summed E-state index contributed by atoms with van der Waals surface area (Å²) in [5, 5.41) is 2.72. The van der Waals surface area contributed by atoms with Gasteiger partial charge in [0.15, 0.2) is 0 Å². The van der Waals surface area contributed by atoms with E-state index in [4.69, 9.17) is 4.74 Å².